The van der Waals surface area contributed by atoms with E-state index in [1.54, 1.807) is 0 Å². The third-order valence-corrected chi connectivity index (χ3v) is 11.3. The number of fused-ring (bicyclic) bond motifs is 2. The maximum Gasteiger partial charge on any atom is 0.254 e. The average molecular weight is 837 g/mol. The molecule has 4 saturated heterocycles. The van der Waals surface area contributed by atoms with Gasteiger partial charge in [-0.3, -0.25) is 0 Å². The van der Waals surface area contributed by atoms with Gasteiger partial charge in [0.1, 0.15) is 0 Å². The molecule has 59 heavy (non-hydrogen) atoms. The van der Waals surface area contributed by atoms with Gasteiger partial charge in [0.2, 0.25) is 11.9 Å². The molecule has 2 aromatic carbocycles. The molecule has 18 heteroatoms. The van der Waals surface area contributed by atoms with E-state index in [0.717, 1.165) is 115 Å². The van der Waals surface area contributed by atoms with Crippen LogP contribution in [0.5, 0.6) is 5.88 Å². The van der Waals surface area contributed by atoms with Gasteiger partial charge in [-0.25, -0.2) is 15.0 Å². The van der Waals surface area contributed by atoms with Gasteiger partial charge in [-0.1, -0.05) is 83.9 Å². The van der Waals surface area contributed by atoms with Crippen molar-refractivity contribution in [3.63, 3.8) is 0 Å². The Morgan fingerprint density at radius 2 is 1.05 bits per heavy atom. The number of benzene rings is 2. The molecule has 0 unspecified atom stereocenters. The molecule has 0 atom stereocenters. The van der Waals surface area contributed by atoms with Crippen LogP contribution in [0.25, 0.3) is 22.3 Å². The summed E-state index contributed by atoms with van der Waals surface area (Å²) in [6, 6.07) is 20.3. The summed E-state index contributed by atoms with van der Waals surface area (Å²) in [5, 5.41) is 10.6. The molecular formula is C41H47Cl2N15O. The zero-order valence-electron chi connectivity index (χ0n) is 32.8. The monoisotopic (exact) mass is 835 g/mol. The minimum Gasteiger partial charge on any atom is -0.475 e. The summed E-state index contributed by atoms with van der Waals surface area (Å²) >= 11 is 12.9. The Hall–Kier alpha value is -5.42. The molecule has 0 radical (unpaired) electrons. The van der Waals surface area contributed by atoms with Gasteiger partial charge < -0.3 is 40.3 Å². The van der Waals surface area contributed by atoms with Crippen molar-refractivity contribution in [2.24, 2.45) is 0 Å². The lowest BCUT2D eigenvalue weighted by molar-refractivity contribution is 0.309. The van der Waals surface area contributed by atoms with Crippen LogP contribution in [0.4, 0.5) is 29.4 Å². The van der Waals surface area contributed by atoms with Crippen LogP contribution in [0.3, 0.4) is 0 Å². The number of hydrogen-bond donors (Lipinski definition) is 3. The lowest BCUT2D eigenvalue weighted by Gasteiger charge is -2.34. The fraction of sp³-hybridized carbons (Fsp3) is 0.415. The highest BCUT2D eigenvalue weighted by molar-refractivity contribution is 6.32. The van der Waals surface area contributed by atoms with Crippen LogP contribution in [0.1, 0.15) is 24.0 Å². The molecule has 16 nitrogen and oxygen atoms in total. The predicted octanol–water partition coefficient (Wildman–Crippen LogP) is 4.62. The zero-order valence-corrected chi connectivity index (χ0v) is 34.3. The van der Waals surface area contributed by atoms with Crippen molar-refractivity contribution >= 4 is 74.9 Å². The lowest BCUT2D eigenvalue weighted by Crippen LogP contribution is -2.44. The normalized spacial score (nSPS) is 16.6. The van der Waals surface area contributed by atoms with E-state index >= 15 is 0 Å². The summed E-state index contributed by atoms with van der Waals surface area (Å²) in [5.74, 6) is 3.91. The Kier molecular flexibility index (Phi) is 12.1. The zero-order chi connectivity index (χ0) is 40.0. The molecule has 6 aromatic rings. The smallest absolute Gasteiger partial charge is 0.254 e. The quantitative estimate of drug-likeness (QED) is 0.166. The van der Waals surface area contributed by atoms with Crippen molar-refractivity contribution in [2.75, 3.05) is 110 Å². The molecule has 4 aromatic heterocycles. The van der Waals surface area contributed by atoms with E-state index in [9.17, 15) is 0 Å². The Labute approximate surface area is 352 Å². The maximum atomic E-state index is 6.47. The number of ether oxygens (including phenoxy) is 1. The summed E-state index contributed by atoms with van der Waals surface area (Å²) in [6.45, 7) is 12.1. The number of rotatable bonds is 11. The molecule has 4 aliphatic rings. The number of hydrogen-bond acceptors (Lipinski definition) is 16. The van der Waals surface area contributed by atoms with Crippen molar-refractivity contribution in [3.8, 4) is 5.88 Å². The second-order valence-electron chi connectivity index (χ2n) is 14.8. The van der Waals surface area contributed by atoms with Gasteiger partial charge >= 0.3 is 0 Å². The van der Waals surface area contributed by atoms with Gasteiger partial charge in [0, 0.05) is 91.5 Å². The first-order valence-electron chi connectivity index (χ1n) is 20.4. The molecule has 306 valence electrons. The van der Waals surface area contributed by atoms with E-state index in [0.29, 0.717) is 64.2 Å². The largest absolute Gasteiger partial charge is 0.475 e. The van der Waals surface area contributed by atoms with E-state index in [1.165, 1.54) is 5.56 Å². The summed E-state index contributed by atoms with van der Waals surface area (Å²) < 4.78 is 5.87. The molecule has 10 rings (SSSR count). The summed E-state index contributed by atoms with van der Waals surface area (Å²) in [5.41, 5.74) is 4.75. The van der Waals surface area contributed by atoms with Crippen LogP contribution in [0.15, 0.2) is 60.7 Å². The van der Waals surface area contributed by atoms with Gasteiger partial charge in [-0.15, -0.1) is 0 Å². The molecule has 8 heterocycles. The van der Waals surface area contributed by atoms with Crippen LogP contribution < -0.4 is 40.3 Å². The second-order valence-corrected chi connectivity index (χ2v) is 15.5. The molecule has 4 fully saturated rings. The predicted molar refractivity (Wildman–Crippen MR) is 234 cm³/mol. The Morgan fingerprint density at radius 3 is 1.58 bits per heavy atom. The fourth-order valence-corrected chi connectivity index (χ4v) is 7.57. The number of halogens is 2. The van der Waals surface area contributed by atoms with Gasteiger partial charge in [0.15, 0.2) is 50.1 Å². The first-order valence-corrected chi connectivity index (χ1v) is 21.2. The highest BCUT2D eigenvalue weighted by atomic mass is 35.5. The third-order valence-electron chi connectivity index (χ3n) is 10.8. The number of nitrogens with one attached hydrogen (secondary N) is 3. The van der Waals surface area contributed by atoms with Crippen LogP contribution >= 0.6 is 23.2 Å². The fourth-order valence-electron chi connectivity index (χ4n) is 7.19. The molecule has 0 bridgehead atoms. The van der Waals surface area contributed by atoms with Crippen molar-refractivity contribution < 1.29 is 4.74 Å². The highest BCUT2D eigenvalue weighted by Crippen LogP contribution is 2.33. The van der Waals surface area contributed by atoms with E-state index in [1.807, 2.05) is 36.4 Å². The van der Waals surface area contributed by atoms with E-state index in [2.05, 4.69) is 74.8 Å². The summed E-state index contributed by atoms with van der Waals surface area (Å²) in [6.07, 6.45) is 3.08. The molecule has 0 amide bonds. The maximum absolute atomic E-state index is 6.47. The number of aromatic nitrogens is 8. The van der Waals surface area contributed by atoms with Crippen LogP contribution in [0, 0.1) is 0 Å². The molecule has 0 saturated carbocycles. The minimum absolute atomic E-state index is 0.246. The van der Waals surface area contributed by atoms with Gasteiger partial charge in [0.25, 0.3) is 5.88 Å². The number of nitrogens with zero attached hydrogens (tertiary/aromatic N) is 12. The SMILES string of the molecule is Clc1nc2c(N3CCC3)nc(N3CCNCC3)nc2nc1NCc1ccccc1.Clc1nc2c(N3CCC3)nc(N3CCNCC3)nc2nc1OCCc1ccccc1. The molecule has 0 aliphatic carbocycles. The van der Waals surface area contributed by atoms with Crippen molar-refractivity contribution in [2.45, 2.75) is 25.8 Å². The number of anilines is 5. The molecular weight excluding hydrogens is 789 g/mol. The Morgan fingerprint density at radius 1 is 0.542 bits per heavy atom. The van der Waals surface area contributed by atoms with Gasteiger partial charge in [0.05, 0.1) is 6.61 Å². The van der Waals surface area contributed by atoms with Gasteiger partial charge in [-0.05, 0) is 24.0 Å². The lowest BCUT2D eigenvalue weighted by atomic mass is 10.2. The average Bonchev–Trinajstić information content (AvgIpc) is 3.24. The van der Waals surface area contributed by atoms with E-state index in [4.69, 9.17) is 52.9 Å². The molecule has 3 N–H and O–H groups in total. The van der Waals surface area contributed by atoms with Crippen LogP contribution in [-0.4, -0.2) is 125 Å². The first-order chi connectivity index (χ1) is 29.1. The summed E-state index contributed by atoms with van der Waals surface area (Å²) in [7, 11) is 0. The van der Waals surface area contributed by atoms with Crippen LogP contribution in [-0.2, 0) is 13.0 Å². The topological polar surface area (TPSA) is 161 Å². The Balaban J connectivity index is 0.000000152. The molecule has 4 aliphatic heterocycles. The van der Waals surface area contributed by atoms with Crippen LogP contribution in [0.2, 0.25) is 10.3 Å². The third kappa shape index (κ3) is 9.10. The van der Waals surface area contributed by atoms with Crippen molar-refractivity contribution in [1.82, 2.24) is 50.5 Å². The minimum atomic E-state index is 0.246. The molecule has 0 spiro atoms. The second kappa shape index (κ2) is 18.2. The number of piperazine rings is 2. The summed E-state index contributed by atoms with van der Waals surface area (Å²) in [4.78, 5) is 46.5. The van der Waals surface area contributed by atoms with E-state index < -0.39 is 0 Å². The first kappa shape index (κ1) is 39.1. The van der Waals surface area contributed by atoms with E-state index in [-0.39, 0.29) is 5.15 Å². The Bertz CT molecular complexity index is 2360. The van der Waals surface area contributed by atoms with Crippen molar-refractivity contribution in [3.05, 3.63) is 82.1 Å². The standard InChI is InChI=1S/C21H24ClN7O.C20H23ClN8/c22-17-20(30-14-7-15-5-2-1-3-6-15)25-18-16(24-17)19(28-10-4-11-28)27-21(26-18)29-12-8-23-9-13-29;21-16-18(23-13-14-5-2-1-3-6-14)25-17-15(24-16)19(28-9-4-10-28)27-20(26-17)29-11-7-22-8-12-29/h1-3,5-6,23H,4,7-14H2;1-3,5-6,22H,4,7-13H2,(H,23,25,26,27). The highest BCUT2D eigenvalue weighted by Gasteiger charge is 2.27. The van der Waals surface area contributed by atoms with Gasteiger partial charge in [-0.2, -0.15) is 24.9 Å². The van der Waals surface area contributed by atoms with Crippen molar-refractivity contribution in [1.29, 1.82) is 0 Å².